The van der Waals surface area contributed by atoms with Gasteiger partial charge in [-0.05, 0) is 32.1 Å². The molecule has 0 saturated carbocycles. The van der Waals surface area contributed by atoms with Crippen LogP contribution in [0, 0.1) is 0 Å². The molecule has 1 amide bonds. The molecule has 206 valence electrons. The quantitative estimate of drug-likeness (QED) is 0.0840. The van der Waals surface area contributed by atoms with Gasteiger partial charge < -0.3 is 15.5 Å². The summed E-state index contributed by atoms with van der Waals surface area (Å²) >= 11 is 0. The number of unbranched alkanes of at least 4 members (excludes halogenated alkanes) is 17. The summed E-state index contributed by atoms with van der Waals surface area (Å²) in [6.07, 6.45) is 32.4. The molecule has 0 rings (SSSR count). The first kappa shape index (κ1) is 33.9. The van der Waals surface area contributed by atoms with Crippen molar-refractivity contribution in [2.75, 3.05) is 6.61 Å². The van der Waals surface area contributed by atoms with Crippen LogP contribution >= 0.6 is 0 Å². The second-order valence-electron chi connectivity index (χ2n) is 10.2. The van der Waals surface area contributed by atoms with Gasteiger partial charge in [0.1, 0.15) is 0 Å². The Morgan fingerprint density at radius 3 is 1.66 bits per heavy atom. The zero-order chi connectivity index (χ0) is 25.8. The molecular formula is C31H59NO3. The zero-order valence-corrected chi connectivity index (χ0v) is 23.3. The number of rotatable bonds is 26. The van der Waals surface area contributed by atoms with Gasteiger partial charge in [-0.1, -0.05) is 134 Å². The van der Waals surface area contributed by atoms with Crippen LogP contribution in [0.5, 0.6) is 0 Å². The van der Waals surface area contributed by atoms with Crippen molar-refractivity contribution in [3.63, 3.8) is 0 Å². The first-order chi connectivity index (χ1) is 17.2. The number of carbonyl (C=O) groups is 1. The molecule has 0 aliphatic heterocycles. The fourth-order valence-electron chi connectivity index (χ4n) is 4.31. The summed E-state index contributed by atoms with van der Waals surface area (Å²) in [6.45, 7) is 4.24. The Morgan fingerprint density at radius 1 is 0.657 bits per heavy atom. The van der Waals surface area contributed by atoms with Gasteiger partial charge in [-0.25, -0.2) is 0 Å². The molecule has 2 atom stereocenters. The Bertz CT molecular complexity index is 503. The number of aliphatic hydroxyl groups is 2. The summed E-state index contributed by atoms with van der Waals surface area (Å²) in [5.41, 5.74) is 0. The highest BCUT2D eigenvalue weighted by molar-refractivity contribution is 5.76. The van der Waals surface area contributed by atoms with Gasteiger partial charge >= 0.3 is 0 Å². The summed E-state index contributed by atoms with van der Waals surface area (Å²) < 4.78 is 0. The molecule has 0 bridgehead atoms. The molecular weight excluding hydrogens is 434 g/mol. The maximum absolute atomic E-state index is 12.2. The van der Waals surface area contributed by atoms with Crippen molar-refractivity contribution in [1.29, 1.82) is 0 Å². The van der Waals surface area contributed by atoms with E-state index < -0.39 is 12.1 Å². The average Bonchev–Trinajstić information content (AvgIpc) is 2.86. The van der Waals surface area contributed by atoms with E-state index in [1.165, 1.54) is 96.3 Å². The van der Waals surface area contributed by atoms with Gasteiger partial charge in [0.15, 0.2) is 0 Å². The average molecular weight is 494 g/mol. The number of hydrogen-bond donors (Lipinski definition) is 3. The van der Waals surface area contributed by atoms with Gasteiger partial charge in [0.2, 0.25) is 5.91 Å². The van der Waals surface area contributed by atoms with Gasteiger partial charge in [-0.3, -0.25) is 4.79 Å². The van der Waals surface area contributed by atoms with Crippen LogP contribution in [0.2, 0.25) is 0 Å². The third-order valence-corrected chi connectivity index (χ3v) is 6.69. The van der Waals surface area contributed by atoms with Crippen LogP contribution in [0.25, 0.3) is 0 Å². The first-order valence-corrected chi connectivity index (χ1v) is 15.1. The highest BCUT2D eigenvalue weighted by Gasteiger charge is 2.17. The molecule has 0 heterocycles. The predicted molar refractivity (Wildman–Crippen MR) is 152 cm³/mol. The van der Waals surface area contributed by atoms with E-state index in [1.807, 2.05) is 6.08 Å². The zero-order valence-electron chi connectivity index (χ0n) is 23.3. The SMILES string of the molecule is CCCCCCC/C=C/CC/C=C/C(O)C(CO)NC(=O)CCCCCCCCCCCCCC. The smallest absolute Gasteiger partial charge is 0.220 e. The monoisotopic (exact) mass is 493 g/mol. The Labute approximate surface area is 218 Å². The van der Waals surface area contributed by atoms with Crippen molar-refractivity contribution in [3.8, 4) is 0 Å². The van der Waals surface area contributed by atoms with Gasteiger partial charge in [-0.15, -0.1) is 0 Å². The number of hydrogen-bond acceptors (Lipinski definition) is 3. The molecule has 0 aliphatic rings. The van der Waals surface area contributed by atoms with Crippen molar-refractivity contribution in [3.05, 3.63) is 24.3 Å². The molecule has 0 spiro atoms. The molecule has 4 nitrogen and oxygen atoms in total. The number of aliphatic hydroxyl groups excluding tert-OH is 2. The van der Waals surface area contributed by atoms with E-state index in [9.17, 15) is 15.0 Å². The van der Waals surface area contributed by atoms with Crippen LogP contribution in [-0.4, -0.2) is 34.9 Å². The number of nitrogens with one attached hydrogen (secondary N) is 1. The number of allylic oxidation sites excluding steroid dienone is 3. The highest BCUT2D eigenvalue weighted by Crippen LogP contribution is 2.12. The molecule has 4 heteroatoms. The highest BCUT2D eigenvalue weighted by atomic mass is 16.3. The predicted octanol–water partition coefficient (Wildman–Crippen LogP) is 8.17. The van der Waals surface area contributed by atoms with Crippen LogP contribution in [0.1, 0.15) is 149 Å². The number of carbonyl (C=O) groups excluding carboxylic acids is 1. The van der Waals surface area contributed by atoms with Crippen molar-refractivity contribution in [2.24, 2.45) is 0 Å². The molecule has 0 saturated heterocycles. The molecule has 0 fully saturated rings. The van der Waals surface area contributed by atoms with Crippen molar-refractivity contribution in [2.45, 2.75) is 161 Å². The lowest BCUT2D eigenvalue weighted by atomic mass is 10.0. The van der Waals surface area contributed by atoms with Crippen LogP contribution in [0.4, 0.5) is 0 Å². The lowest BCUT2D eigenvalue weighted by Crippen LogP contribution is -2.45. The van der Waals surface area contributed by atoms with Crippen molar-refractivity contribution < 1.29 is 15.0 Å². The molecule has 3 N–H and O–H groups in total. The van der Waals surface area contributed by atoms with E-state index in [-0.39, 0.29) is 12.5 Å². The molecule has 35 heavy (non-hydrogen) atoms. The van der Waals surface area contributed by atoms with Gasteiger partial charge in [0, 0.05) is 6.42 Å². The molecule has 2 unspecified atom stereocenters. The molecule has 0 aliphatic carbocycles. The van der Waals surface area contributed by atoms with E-state index in [1.54, 1.807) is 6.08 Å². The van der Waals surface area contributed by atoms with Crippen LogP contribution < -0.4 is 5.32 Å². The Morgan fingerprint density at radius 2 is 1.11 bits per heavy atom. The summed E-state index contributed by atoms with van der Waals surface area (Å²) in [4.78, 5) is 12.2. The minimum Gasteiger partial charge on any atom is -0.394 e. The number of amides is 1. The molecule has 0 radical (unpaired) electrons. The lowest BCUT2D eigenvalue weighted by Gasteiger charge is -2.19. The van der Waals surface area contributed by atoms with E-state index in [2.05, 4.69) is 31.3 Å². The van der Waals surface area contributed by atoms with Gasteiger partial charge in [-0.2, -0.15) is 0 Å². The van der Waals surface area contributed by atoms with Crippen LogP contribution in [0.15, 0.2) is 24.3 Å². The minimum absolute atomic E-state index is 0.0783. The summed E-state index contributed by atoms with van der Waals surface area (Å²) in [6, 6.07) is -0.630. The third-order valence-electron chi connectivity index (χ3n) is 6.69. The standard InChI is InChI=1S/C31H59NO3/c1-3-5-7-9-11-13-15-17-19-21-23-25-27-31(35)32-29(28-33)30(34)26-24-22-20-18-16-14-12-10-8-6-4-2/h16,18,24,26,29-30,33-34H,3-15,17,19-23,25,27-28H2,1-2H3,(H,32,35)/b18-16+,26-24+. The summed E-state index contributed by atoms with van der Waals surface area (Å²) in [5.74, 6) is -0.0783. The second-order valence-corrected chi connectivity index (χ2v) is 10.2. The van der Waals surface area contributed by atoms with E-state index in [4.69, 9.17) is 0 Å². The molecule has 0 aromatic carbocycles. The van der Waals surface area contributed by atoms with Crippen molar-refractivity contribution >= 4 is 5.91 Å². The normalized spacial score (nSPS) is 13.6. The maximum atomic E-state index is 12.2. The first-order valence-electron chi connectivity index (χ1n) is 15.1. The topological polar surface area (TPSA) is 69.6 Å². The Hall–Kier alpha value is -1.13. The summed E-state index contributed by atoms with van der Waals surface area (Å²) in [7, 11) is 0. The van der Waals surface area contributed by atoms with Crippen LogP contribution in [0.3, 0.4) is 0 Å². The fraction of sp³-hybridized carbons (Fsp3) is 0.839. The lowest BCUT2D eigenvalue weighted by molar-refractivity contribution is -0.123. The molecule has 0 aromatic heterocycles. The van der Waals surface area contributed by atoms with E-state index in [0.717, 1.165) is 32.1 Å². The van der Waals surface area contributed by atoms with Gasteiger partial charge in [0.05, 0.1) is 18.8 Å². The largest absolute Gasteiger partial charge is 0.394 e. The Balaban J connectivity index is 3.73. The summed E-state index contributed by atoms with van der Waals surface area (Å²) in [5, 5.41) is 22.7. The van der Waals surface area contributed by atoms with Gasteiger partial charge in [0.25, 0.3) is 0 Å². The third kappa shape index (κ3) is 24.3. The fourth-order valence-corrected chi connectivity index (χ4v) is 4.31. The van der Waals surface area contributed by atoms with E-state index in [0.29, 0.717) is 6.42 Å². The molecule has 0 aromatic rings. The van der Waals surface area contributed by atoms with Crippen molar-refractivity contribution in [1.82, 2.24) is 5.32 Å². The Kier molecular flexibility index (Phi) is 26.6. The second kappa shape index (κ2) is 27.5. The van der Waals surface area contributed by atoms with Crippen LogP contribution in [-0.2, 0) is 4.79 Å². The maximum Gasteiger partial charge on any atom is 0.220 e. The minimum atomic E-state index is -0.853. The van der Waals surface area contributed by atoms with E-state index >= 15 is 0 Å².